The van der Waals surface area contributed by atoms with Gasteiger partial charge in [0.1, 0.15) is 0 Å². The van der Waals surface area contributed by atoms with E-state index in [-0.39, 0.29) is 24.9 Å². The van der Waals surface area contributed by atoms with Crippen LogP contribution in [0.3, 0.4) is 0 Å². The molecular weight excluding hydrogens is 544 g/mol. The molecule has 3 aliphatic rings. The van der Waals surface area contributed by atoms with Crippen molar-refractivity contribution in [2.24, 2.45) is 11.8 Å². The van der Waals surface area contributed by atoms with Crippen molar-refractivity contribution < 1.29 is 40.6 Å². The molecule has 40 heavy (non-hydrogen) atoms. The number of amides is 1. The number of ether oxygens (including phenoxy) is 2. The minimum atomic E-state index is -5.73. The van der Waals surface area contributed by atoms with Gasteiger partial charge in [-0.15, -0.1) is 0 Å². The van der Waals surface area contributed by atoms with Gasteiger partial charge in [0.15, 0.2) is 0 Å². The fourth-order valence-electron chi connectivity index (χ4n) is 5.76. The largest absolute Gasteiger partial charge is 0.434 e. The first-order valence-corrected chi connectivity index (χ1v) is 13.2. The van der Waals surface area contributed by atoms with Crippen LogP contribution in [0, 0.1) is 11.8 Å². The van der Waals surface area contributed by atoms with E-state index < -0.39 is 24.5 Å². The third-order valence-electron chi connectivity index (χ3n) is 7.68. The normalized spacial score (nSPS) is 22.3. The lowest BCUT2D eigenvalue weighted by atomic mass is 10.0. The molecule has 3 aliphatic heterocycles. The Bertz CT molecular complexity index is 1170. The summed E-state index contributed by atoms with van der Waals surface area (Å²) in [7, 11) is 0. The molecule has 0 bridgehead atoms. The Morgan fingerprint density at radius 3 is 2.30 bits per heavy atom. The third kappa shape index (κ3) is 6.17. The minimum Gasteiger partial charge on any atom is -0.426 e. The van der Waals surface area contributed by atoms with Crippen LogP contribution in [0.4, 0.5) is 36.8 Å². The lowest BCUT2D eigenvalue weighted by Gasteiger charge is -2.29. The second kappa shape index (κ2) is 11.1. The van der Waals surface area contributed by atoms with Gasteiger partial charge in [0.2, 0.25) is 0 Å². The molecule has 0 N–H and O–H groups in total. The molecule has 4 heterocycles. The lowest BCUT2D eigenvalue weighted by molar-refractivity contribution is -0.308. The highest BCUT2D eigenvalue weighted by atomic mass is 19.4. The van der Waals surface area contributed by atoms with E-state index in [0.29, 0.717) is 39.4 Å². The number of halogens is 6. The fourth-order valence-corrected chi connectivity index (χ4v) is 5.76. The van der Waals surface area contributed by atoms with E-state index in [4.69, 9.17) is 9.84 Å². The van der Waals surface area contributed by atoms with Crippen molar-refractivity contribution in [1.29, 1.82) is 0 Å². The van der Waals surface area contributed by atoms with Crippen LogP contribution in [0.2, 0.25) is 0 Å². The molecule has 1 amide bonds. The Morgan fingerprint density at radius 2 is 1.70 bits per heavy atom. The Balaban J connectivity index is 1.23. The summed E-state index contributed by atoms with van der Waals surface area (Å²) in [5, 5.41) is 4.80. The van der Waals surface area contributed by atoms with E-state index in [9.17, 15) is 31.1 Å². The van der Waals surface area contributed by atoms with Crippen molar-refractivity contribution in [3.8, 4) is 11.3 Å². The number of anilines is 1. The van der Waals surface area contributed by atoms with Gasteiger partial charge < -0.3 is 19.3 Å². The number of hydrogen-bond acceptors (Lipinski definition) is 6. The van der Waals surface area contributed by atoms with Crippen LogP contribution in [0.15, 0.2) is 30.5 Å². The highest BCUT2D eigenvalue weighted by Crippen LogP contribution is 2.38. The van der Waals surface area contributed by atoms with E-state index >= 15 is 0 Å². The number of fused-ring (bicyclic) bond motifs is 1. The standard InChI is InChI=1S/C26H31F6N5O3/c1-2-37-16-20(22(33-37)17-4-3-5-21(10-17)35-6-8-39-9-7-35)13-34-11-18-14-36(15-19(18)12-34)24(38)40-23(25(27,28)29)26(30,31)32/h3-5,10,16,18-19,23H,2,6-9,11-15H2,1H3. The van der Waals surface area contributed by atoms with Gasteiger partial charge in [-0.25, -0.2) is 4.79 Å². The highest BCUT2D eigenvalue weighted by Gasteiger charge is 2.60. The summed E-state index contributed by atoms with van der Waals surface area (Å²) in [6, 6.07) is 8.21. The number of nitrogens with zero attached hydrogens (tertiary/aromatic N) is 5. The van der Waals surface area contributed by atoms with Crippen LogP contribution in [0.5, 0.6) is 0 Å². The summed E-state index contributed by atoms with van der Waals surface area (Å²) in [5.74, 6) is -0.144. The lowest BCUT2D eigenvalue weighted by Crippen LogP contribution is -2.48. The van der Waals surface area contributed by atoms with E-state index in [1.165, 1.54) is 0 Å². The summed E-state index contributed by atoms with van der Waals surface area (Å²) in [6.45, 7) is 7.46. The molecule has 5 rings (SSSR count). The van der Waals surface area contributed by atoms with Gasteiger partial charge in [-0.05, 0) is 30.9 Å². The van der Waals surface area contributed by atoms with Gasteiger partial charge in [-0.3, -0.25) is 9.58 Å². The Labute approximate surface area is 227 Å². The van der Waals surface area contributed by atoms with Gasteiger partial charge in [0.25, 0.3) is 6.10 Å². The number of alkyl halides is 6. The number of morpholine rings is 1. The zero-order valence-corrected chi connectivity index (χ0v) is 21.9. The first-order chi connectivity index (χ1) is 18.9. The SMILES string of the molecule is CCn1cc(CN2CC3CN(C(=O)OC(C(F)(F)F)C(F)(F)F)CC3C2)c(-c2cccc(N3CCOCC3)c2)n1. The number of carbonyl (C=O) groups excluding carboxylic acids is 1. The molecule has 220 valence electrons. The molecule has 0 radical (unpaired) electrons. The average molecular weight is 576 g/mol. The molecular formula is C26H31F6N5O3. The molecule has 3 saturated heterocycles. The molecule has 2 unspecified atom stereocenters. The maximum Gasteiger partial charge on any atom is 0.434 e. The highest BCUT2D eigenvalue weighted by molar-refractivity contribution is 5.69. The monoisotopic (exact) mass is 575 g/mol. The third-order valence-corrected chi connectivity index (χ3v) is 7.68. The number of benzene rings is 1. The number of aryl methyl sites for hydroxylation is 1. The van der Waals surface area contributed by atoms with Crippen LogP contribution < -0.4 is 4.90 Å². The number of rotatable bonds is 6. The van der Waals surface area contributed by atoms with E-state index in [1.807, 2.05) is 29.9 Å². The summed E-state index contributed by atoms with van der Waals surface area (Å²) in [5.41, 5.74) is 3.97. The maximum atomic E-state index is 12.8. The molecule has 8 nitrogen and oxygen atoms in total. The van der Waals surface area contributed by atoms with Crippen molar-refractivity contribution in [2.75, 3.05) is 57.4 Å². The second-order valence-corrected chi connectivity index (χ2v) is 10.5. The predicted octanol–water partition coefficient (Wildman–Crippen LogP) is 4.40. The van der Waals surface area contributed by atoms with Crippen LogP contribution >= 0.6 is 0 Å². The number of hydrogen-bond donors (Lipinski definition) is 0. The van der Waals surface area contributed by atoms with Crippen molar-refractivity contribution in [1.82, 2.24) is 19.6 Å². The maximum absolute atomic E-state index is 12.8. The summed E-state index contributed by atoms with van der Waals surface area (Å²) >= 11 is 0. The Morgan fingerprint density at radius 1 is 1.05 bits per heavy atom. The average Bonchev–Trinajstić information content (AvgIpc) is 3.60. The smallest absolute Gasteiger partial charge is 0.426 e. The van der Waals surface area contributed by atoms with Gasteiger partial charge >= 0.3 is 18.4 Å². The van der Waals surface area contributed by atoms with Gasteiger partial charge in [-0.1, -0.05) is 12.1 Å². The number of carbonyl (C=O) groups is 1. The quantitative estimate of drug-likeness (QED) is 0.476. The first-order valence-electron chi connectivity index (χ1n) is 13.2. The zero-order valence-electron chi connectivity index (χ0n) is 21.9. The van der Waals surface area contributed by atoms with Gasteiger partial charge in [0, 0.05) is 75.4 Å². The first kappa shape index (κ1) is 28.5. The van der Waals surface area contributed by atoms with Crippen molar-refractivity contribution in [2.45, 2.75) is 38.5 Å². The minimum absolute atomic E-state index is 0.0467. The molecule has 0 spiro atoms. The van der Waals surface area contributed by atoms with E-state index in [0.717, 1.165) is 40.5 Å². The van der Waals surface area contributed by atoms with Crippen molar-refractivity contribution >= 4 is 11.8 Å². The molecule has 3 fully saturated rings. The molecule has 0 aliphatic carbocycles. The molecule has 1 aromatic heterocycles. The molecule has 2 aromatic rings. The zero-order chi connectivity index (χ0) is 28.7. The topological polar surface area (TPSA) is 63.1 Å². The van der Waals surface area contributed by atoms with Crippen LogP contribution in [-0.4, -0.2) is 96.6 Å². The second-order valence-electron chi connectivity index (χ2n) is 10.5. The van der Waals surface area contributed by atoms with E-state index in [2.05, 4.69) is 26.7 Å². The molecule has 14 heteroatoms. The van der Waals surface area contributed by atoms with Crippen molar-refractivity contribution in [3.63, 3.8) is 0 Å². The Kier molecular flexibility index (Phi) is 7.92. The van der Waals surface area contributed by atoms with Gasteiger partial charge in [0.05, 0.1) is 18.9 Å². The van der Waals surface area contributed by atoms with Crippen LogP contribution in [0.1, 0.15) is 12.5 Å². The summed E-state index contributed by atoms with van der Waals surface area (Å²) < 4.78 is 88.1. The molecule has 2 atom stereocenters. The van der Waals surface area contributed by atoms with E-state index in [1.54, 1.807) is 0 Å². The number of aromatic nitrogens is 2. The molecule has 1 aromatic carbocycles. The van der Waals surface area contributed by atoms with Crippen LogP contribution in [0.25, 0.3) is 11.3 Å². The van der Waals surface area contributed by atoms with Crippen LogP contribution in [-0.2, 0) is 22.6 Å². The van der Waals surface area contributed by atoms with Crippen molar-refractivity contribution in [3.05, 3.63) is 36.0 Å². The number of likely N-dealkylation sites (tertiary alicyclic amines) is 2. The predicted molar refractivity (Wildman–Crippen MR) is 133 cm³/mol. The Hall–Kier alpha value is -3.00. The molecule has 0 saturated carbocycles. The summed E-state index contributed by atoms with van der Waals surface area (Å²) in [6.07, 6.45) is -15.2. The summed E-state index contributed by atoms with van der Waals surface area (Å²) in [4.78, 5) is 17.6. The fraction of sp³-hybridized carbons (Fsp3) is 0.615. The van der Waals surface area contributed by atoms with Gasteiger partial charge in [-0.2, -0.15) is 31.4 Å².